The third kappa shape index (κ3) is 2.95. The standard InChI is InChI=1S/C23H18ClN3O2/c1-28-18-11-12-25-23-19(18)22-26-20(16-9-7-15(13-24)8-10-16)21(27(22)14-29-23)17-5-3-2-4-6-17/h2-12H,13-14H2,1H3. The van der Waals surface area contributed by atoms with Crippen LogP contribution in [0.3, 0.4) is 0 Å². The van der Waals surface area contributed by atoms with E-state index in [1.807, 2.05) is 36.4 Å². The number of rotatable bonds is 4. The molecule has 0 N–H and O–H groups in total. The Bertz CT molecular complexity index is 1160. The molecule has 0 amide bonds. The van der Waals surface area contributed by atoms with Crippen molar-refractivity contribution >= 4 is 11.6 Å². The van der Waals surface area contributed by atoms with E-state index in [1.54, 1.807) is 13.3 Å². The lowest BCUT2D eigenvalue weighted by molar-refractivity contribution is 0.220. The van der Waals surface area contributed by atoms with E-state index in [9.17, 15) is 0 Å². The van der Waals surface area contributed by atoms with Crippen LogP contribution in [0.5, 0.6) is 11.6 Å². The Hall–Kier alpha value is -3.31. The Kier molecular flexibility index (Phi) is 4.45. The summed E-state index contributed by atoms with van der Waals surface area (Å²) in [6.45, 7) is 0.333. The van der Waals surface area contributed by atoms with E-state index >= 15 is 0 Å². The number of halogens is 1. The topological polar surface area (TPSA) is 49.2 Å². The van der Waals surface area contributed by atoms with Crippen molar-refractivity contribution in [3.63, 3.8) is 0 Å². The van der Waals surface area contributed by atoms with Gasteiger partial charge in [0.1, 0.15) is 11.3 Å². The first kappa shape index (κ1) is 17.8. The molecule has 3 heterocycles. The van der Waals surface area contributed by atoms with Crippen LogP contribution < -0.4 is 9.47 Å². The molecule has 0 aliphatic carbocycles. The minimum absolute atomic E-state index is 0.333. The number of fused-ring (bicyclic) bond motifs is 3. The van der Waals surface area contributed by atoms with E-state index in [-0.39, 0.29) is 0 Å². The number of imidazole rings is 1. The number of aromatic nitrogens is 3. The van der Waals surface area contributed by atoms with Crippen molar-refractivity contribution in [2.75, 3.05) is 7.11 Å². The number of pyridine rings is 1. The number of benzene rings is 2. The average Bonchev–Trinajstić information content (AvgIpc) is 3.19. The highest BCUT2D eigenvalue weighted by Crippen LogP contribution is 2.44. The molecular weight excluding hydrogens is 386 g/mol. The molecule has 1 aliphatic rings. The molecule has 0 fully saturated rings. The fourth-order valence-corrected chi connectivity index (χ4v) is 3.83. The largest absolute Gasteiger partial charge is 0.496 e. The minimum atomic E-state index is 0.333. The zero-order chi connectivity index (χ0) is 19.8. The zero-order valence-corrected chi connectivity index (χ0v) is 16.6. The molecule has 1 aliphatic heterocycles. The second-order valence-corrected chi connectivity index (χ2v) is 6.99. The van der Waals surface area contributed by atoms with Gasteiger partial charge in [0.2, 0.25) is 5.88 Å². The molecular formula is C23H18ClN3O2. The van der Waals surface area contributed by atoms with Gasteiger partial charge in [0.25, 0.3) is 0 Å². The lowest BCUT2D eigenvalue weighted by Crippen LogP contribution is -2.15. The van der Waals surface area contributed by atoms with Gasteiger partial charge in [-0.25, -0.2) is 9.97 Å². The van der Waals surface area contributed by atoms with E-state index in [0.717, 1.165) is 39.5 Å². The number of methoxy groups -OCH3 is 1. The lowest BCUT2D eigenvalue weighted by Gasteiger charge is -2.21. The maximum absolute atomic E-state index is 5.97. The lowest BCUT2D eigenvalue weighted by atomic mass is 10.0. The number of alkyl halides is 1. The van der Waals surface area contributed by atoms with Crippen LogP contribution in [0.15, 0.2) is 66.9 Å². The average molecular weight is 404 g/mol. The summed E-state index contributed by atoms with van der Waals surface area (Å²) in [5.41, 5.74) is 5.80. The first-order valence-corrected chi connectivity index (χ1v) is 9.81. The van der Waals surface area contributed by atoms with Crippen molar-refractivity contribution in [2.45, 2.75) is 12.6 Å². The molecule has 4 aromatic rings. The summed E-state index contributed by atoms with van der Waals surface area (Å²) in [4.78, 5) is 9.40. The van der Waals surface area contributed by atoms with Crippen LogP contribution in [0.4, 0.5) is 0 Å². The Morgan fingerprint density at radius 1 is 1.03 bits per heavy atom. The molecule has 2 aromatic carbocycles. The summed E-state index contributed by atoms with van der Waals surface area (Å²) in [5, 5.41) is 0. The second-order valence-electron chi connectivity index (χ2n) is 6.72. The molecule has 5 nitrogen and oxygen atoms in total. The SMILES string of the molecule is COc1ccnc2c1-c1nc(-c3ccc(CCl)cc3)c(-c3ccccc3)n1CO2. The summed E-state index contributed by atoms with van der Waals surface area (Å²) in [6.07, 6.45) is 1.68. The fraction of sp³-hybridized carbons (Fsp3) is 0.130. The van der Waals surface area contributed by atoms with Crippen molar-refractivity contribution in [3.05, 3.63) is 72.4 Å². The predicted octanol–water partition coefficient (Wildman–Crippen LogP) is 5.38. The second kappa shape index (κ2) is 7.26. The molecule has 0 radical (unpaired) electrons. The summed E-state index contributed by atoms with van der Waals surface area (Å²) in [7, 11) is 1.64. The van der Waals surface area contributed by atoms with Crippen LogP contribution in [0, 0.1) is 0 Å². The van der Waals surface area contributed by atoms with Gasteiger partial charge in [-0.1, -0.05) is 54.6 Å². The van der Waals surface area contributed by atoms with E-state index in [2.05, 4.69) is 33.8 Å². The van der Waals surface area contributed by atoms with E-state index in [0.29, 0.717) is 24.2 Å². The first-order valence-electron chi connectivity index (χ1n) is 9.27. The van der Waals surface area contributed by atoms with Gasteiger partial charge in [0.15, 0.2) is 12.6 Å². The van der Waals surface area contributed by atoms with Gasteiger partial charge < -0.3 is 9.47 Å². The summed E-state index contributed by atoms with van der Waals surface area (Å²) in [5.74, 6) is 2.48. The van der Waals surface area contributed by atoms with Crippen molar-refractivity contribution in [2.24, 2.45) is 0 Å². The normalized spacial score (nSPS) is 12.1. The summed E-state index contributed by atoms with van der Waals surface area (Å²) in [6, 6.07) is 20.2. The van der Waals surface area contributed by atoms with Gasteiger partial charge in [-0.15, -0.1) is 11.6 Å². The number of hydrogen-bond donors (Lipinski definition) is 0. The molecule has 0 unspecified atom stereocenters. The van der Waals surface area contributed by atoms with Gasteiger partial charge >= 0.3 is 0 Å². The highest BCUT2D eigenvalue weighted by Gasteiger charge is 2.29. The fourth-order valence-electron chi connectivity index (χ4n) is 3.65. The maximum atomic E-state index is 5.97. The van der Waals surface area contributed by atoms with Crippen LogP contribution in [0.1, 0.15) is 5.56 Å². The molecule has 144 valence electrons. The summed E-state index contributed by atoms with van der Waals surface area (Å²) >= 11 is 5.97. The number of ether oxygens (including phenoxy) is 2. The number of nitrogens with zero attached hydrogens (tertiary/aromatic N) is 3. The van der Waals surface area contributed by atoms with Gasteiger partial charge in [-0.3, -0.25) is 4.57 Å². The molecule has 6 heteroatoms. The van der Waals surface area contributed by atoms with E-state index in [4.69, 9.17) is 26.1 Å². The van der Waals surface area contributed by atoms with Crippen molar-refractivity contribution < 1.29 is 9.47 Å². The zero-order valence-electron chi connectivity index (χ0n) is 15.8. The molecule has 2 aromatic heterocycles. The van der Waals surface area contributed by atoms with Crippen LogP contribution in [0.25, 0.3) is 33.9 Å². The Balaban J connectivity index is 1.79. The number of hydrogen-bond acceptors (Lipinski definition) is 4. The summed E-state index contributed by atoms with van der Waals surface area (Å²) < 4.78 is 13.6. The smallest absolute Gasteiger partial charge is 0.230 e. The molecule has 0 spiro atoms. The molecule has 5 rings (SSSR count). The van der Waals surface area contributed by atoms with Crippen LogP contribution in [0.2, 0.25) is 0 Å². The Morgan fingerprint density at radius 3 is 2.55 bits per heavy atom. The van der Waals surface area contributed by atoms with Crippen molar-refractivity contribution in [3.8, 4) is 45.5 Å². The van der Waals surface area contributed by atoms with Gasteiger partial charge in [0, 0.05) is 23.2 Å². The molecule has 0 saturated carbocycles. The molecule has 0 bridgehead atoms. The van der Waals surface area contributed by atoms with Gasteiger partial charge in [-0.2, -0.15) is 0 Å². The van der Waals surface area contributed by atoms with E-state index in [1.165, 1.54) is 0 Å². The Labute approximate surface area is 173 Å². The van der Waals surface area contributed by atoms with Crippen LogP contribution in [-0.4, -0.2) is 21.6 Å². The monoisotopic (exact) mass is 403 g/mol. The third-order valence-electron chi connectivity index (χ3n) is 5.05. The first-order chi connectivity index (χ1) is 14.3. The van der Waals surface area contributed by atoms with Crippen molar-refractivity contribution in [1.29, 1.82) is 0 Å². The van der Waals surface area contributed by atoms with E-state index < -0.39 is 0 Å². The molecule has 29 heavy (non-hydrogen) atoms. The maximum Gasteiger partial charge on any atom is 0.230 e. The molecule has 0 atom stereocenters. The minimum Gasteiger partial charge on any atom is -0.496 e. The third-order valence-corrected chi connectivity index (χ3v) is 5.36. The highest BCUT2D eigenvalue weighted by molar-refractivity contribution is 6.17. The van der Waals surface area contributed by atoms with Crippen LogP contribution >= 0.6 is 11.6 Å². The Morgan fingerprint density at radius 2 is 1.83 bits per heavy atom. The van der Waals surface area contributed by atoms with Crippen LogP contribution in [-0.2, 0) is 12.6 Å². The highest BCUT2D eigenvalue weighted by atomic mass is 35.5. The predicted molar refractivity (Wildman–Crippen MR) is 113 cm³/mol. The van der Waals surface area contributed by atoms with Gasteiger partial charge in [-0.05, 0) is 11.6 Å². The van der Waals surface area contributed by atoms with Gasteiger partial charge in [0.05, 0.1) is 18.5 Å². The molecule has 0 saturated heterocycles. The quantitative estimate of drug-likeness (QED) is 0.429. The van der Waals surface area contributed by atoms with Crippen molar-refractivity contribution in [1.82, 2.24) is 14.5 Å².